The van der Waals surface area contributed by atoms with Crippen molar-refractivity contribution >= 4 is 29.0 Å². The van der Waals surface area contributed by atoms with Gasteiger partial charge in [-0.2, -0.15) is 5.26 Å². The molecule has 0 spiro atoms. The van der Waals surface area contributed by atoms with Crippen LogP contribution in [0.5, 0.6) is 0 Å². The summed E-state index contributed by atoms with van der Waals surface area (Å²) in [7, 11) is 0. The first kappa shape index (κ1) is 12.6. The van der Waals surface area contributed by atoms with Gasteiger partial charge in [0.1, 0.15) is 5.40 Å². The van der Waals surface area contributed by atoms with Crippen molar-refractivity contribution < 1.29 is 4.79 Å². The second kappa shape index (κ2) is 4.91. The van der Waals surface area contributed by atoms with E-state index >= 15 is 0 Å². The minimum absolute atomic E-state index is 0.0343. The molecular weight excluding hydrogens is 270 g/mol. The first-order valence-electron chi connectivity index (χ1n) is 6.06. The molecule has 5 heteroatoms. The zero-order valence-electron chi connectivity index (χ0n) is 10.5. The van der Waals surface area contributed by atoms with Crippen LogP contribution < -0.4 is 10.6 Å². The molecule has 0 fully saturated rings. The second-order valence-electron chi connectivity index (χ2n) is 4.45. The molecule has 0 aromatic heterocycles. The molecule has 2 aromatic carbocycles. The molecule has 1 amide bonds. The van der Waals surface area contributed by atoms with Gasteiger partial charge in [-0.3, -0.25) is 4.79 Å². The largest absolute Gasteiger partial charge is 0.398 e. The van der Waals surface area contributed by atoms with Gasteiger partial charge in [-0.25, -0.2) is 0 Å². The van der Waals surface area contributed by atoms with Crippen molar-refractivity contribution in [3.63, 3.8) is 0 Å². The van der Waals surface area contributed by atoms with Crippen LogP contribution in [0.3, 0.4) is 0 Å². The molecule has 1 heterocycles. The van der Waals surface area contributed by atoms with Gasteiger partial charge in [0, 0.05) is 27.4 Å². The Bertz CT molecular complexity index is 719. The zero-order chi connectivity index (χ0) is 14.1. The van der Waals surface area contributed by atoms with Gasteiger partial charge in [-0.05, 0) is 48.2 Å². The molecular formula is C15H11N3OS. The number of carbonyl (C=O) groups is 1. The topological polar surface area (TPSA) is 70.1 Å². The number of nitrogens with zero attached hydrogens (tertiary/aromatic N) is 2. The Balaban J connectivity index is 1.92. The van der Waals surface area contributed by atoms with E-state index in [-0.39, 0.29) is 5.91 Å². The van der Waals surface area contributed by atoms with E-state index in [2.05, 4.69) is 0 Å². The highest BCUT2D eigenvalue weighted by atomic mass is 32.2. The summed E-state index contributed by atoms with van der Waals surface area (Å²) in [6, 6.07) is 12.8. The van der Waals surface area contributed by atoms with Gasteiger partial charge in [-0.15, -0.1) is 0 Å². The highest BCUT2D eigenvalue weighted by Crippen LogP contribution is 2.32. The van der Waals surface area contributed by atoms with E-state index in [0.29, 0.717) is 17.8 Å². The number of hydrogen-bond donors (Lipinski definition) is 1. The lowest BCUT2D eigenvalue weighted by atomic mass is 10.1. The van der Waals surface area contributed by atoms with Crippen LogP contribution in [0.25, 0.3) is 0 Å². The number of thioether (sulfide) groups is 1. The van der Waals surface area contributed by atoms with Crippen LogP contribution >= 0.6 is 11.8 Å². The fourth-order valence-electron chi connectivity index (χ4n) is 2.31. The van der Waals surface area contributed by atoms with E-state index in [0.717, 1.165) is 27.9 Å². The lowest BCUT2D eigenvalue weighted by Gasteiger charge is -2.15. The number of anilines is 2. The van der Waals surface area contributed by atoms with Crippen LogP contribution in [0.2, 0.25) is 0 Å². The van der Waals surface area contributed by atoms with Gasteiger partial charge < -0.3 is 10.6 Å². The smallest absolute Gasteiger partial charge is 0.259 e. The number of rotatable bonds is 2. The highest BCUT2D eigenvalue weighted by molar-refractivity contribution is 8.03. The minimum atomic E-state index is -0.0343. The Hall–Kier alpha value is -2.45. The molecule has 0 atom stereocenters. The fourth-order valence-corrected chi connectivity index (χ4v) is 2.69. The van der Waals surface area contributed by atoms with Crippen molar-refractivity contribution in [1.29, 1.82) is 5.26 Å². The van der Waals surface area contributed by atoms with Crippen molar-refractivity contribution in [3.05, 3.63) is 53.6 Å². The molecule has 0 saturated carbocycles. The number of benzene rings is 2. The fraction of sp³-hybridized carbons (Fsp3) is 0.0667. The number of nitrogens with two attached hydrogens (primary N) is 1. The monoisotopic (exact) mass is 281 g/mol. The molecule has 2 N–H and O–H groups in total. The summed E-state index contributed by atoms with van der Waals surface area (Å²) in [4.78, 5) is 14.9. The summed E-state index contributed by atoms with van der Waals surface area (Å²) in [5.41, 5.74) is 8.93. The molecule has 0 unspecified atom stereocenters. The van der Waals surface area contributed by atoms with Gasteiger partial charge in [0.25, 0.3) is 5.91 Å². The van der Waals surface area contributed by atoms with Crippen molar-refractivity contribution in [2.45, 2.75) is 11.4 Å². The maximum atomic E-state index is 12.4. The van der Waals surface area contributed by atoms with E-state index < -0.39 is 0 Å². The van der Waals surface area contributed by atoms with Gasteiger partial charge in [0.2, 0.25) is 0 Å². The molecule has 3 rings (SSSR count). The molecule has 0 bridgehead atoms. The Kier molecular flexibility index (Phi) is 3.09. The average molecular weight is 281 g/mol. The summed E-state index contributed by atoms with van der Waals surface area (Å²) in [5, 5.41) is 10.6. The van der Waals surface area contributed by atoms with Crippen LogP contribution in [-0.4, -0.2) is 5.91 Å². The van der Waals surface area contributed by atoms with Gasteiger partial charge in [-0.1, -0.05) is 6.07 Å². The Morgan fingerprint density at radius 3 is 2.60 bits per heavy atom. The lowest BCUT2D eigenvalue weighted by Crippen LogP contribution is -2.22. The van der Waals surface area contributed by atoms with Crippen LogP contribution in [0, 0.1) is 10.7 Å². The number of fused-ring (bicyclic) bond motifs is 1. The van der Waals surface area contributed by atoms with Crippen LogP contribution in [-0.2, 0) is 6.54 Å². The van der Waals surface area contributed by atoms with E-state index in [4.69, 9.17) is 11.0 Å². The van der Waals surface area contributed by atoms with Crippen molar-refractivity contribution in [3.8, 4) is 5.40 Å². The predicted octanol–water partition coefficient (Wildman–Crippen LogP) is 3.00. The third-order valence-corrected chi connectivity index (χ3v) is 3.92. The number of nitrogen functional groups attached to an aromatic ring is 1. The summed E-state index contributed by atoms with van der Waals surface area (Å²) in [5.74, 6) is -0.0343. The van der Waals surface area contributed by atoms with Gasteiger partial charge in [0.15, 0.2) is 0 Å². The maximum Gasteiger partial charge on any atom is 0.259 e. The molecule has 0 saturated heterocycles. The maximum absolute atomic E-state index is 12.4. The second-order valence-corrected chi connectivity index (χ2v) is 5.31. The Morgan fingerprint density at radius 1 is 1.20 bits per heavy atom. The number of thiocyanates is 1. The van der Waals surface area contributed by atoms with E-state index in [1.165, 1.54) is 0 Å². The molecule has 1 aliphatic heterocycles. The summed E-state index contributed by atoms with van der Waals surface area (Å²) in [6.45, 7) is 0.492. The van der Waals surface area contributed by atoms with Crippen molar-refractivity contribution in [2.75, 3.05) is 10.6 Å². The van der Waals surface area contributed by atoms with E-state index in [1.807, 2.05) is 35.7 Å². The van der Waals surface area contributed by atoms with Crippen LogP contribution in [0.15, 0.2) is 47.4 Å². The predicted molar refractivity (Wildman–Crippen MR) is 79.3 cm³/mol. The zero-order valence-corrected chi connectivity index (χ0v) is 11.4. The number of carbonyl (C=O) groups excluding carboxylic acids is 1. The summed E-state index contributed by atoms with van der Waals surface area (Å²) in [6.07, 6.45) is 0. The van der Waals surface area contributed by atoms with Crippen molar-refractivity contribution in [1.82, 2.24) is 0 Å². The lowest BCUT2D eigenvalue weighted by molar-refractivity contribution is 0.0996. The molecule has 1 aliphatic rings. The highest BCUT2D eigenvalue weighted by Gasteiger charge is 2.29. The minimum Gasteiger partial charge on any atom is -0.398 e. The van der Waals surface area contributed by atoms with E-state index in [9.17, 15) is 4.79 Å². The summed E-state index contributed by atoms with van der Waals surface area (Å²) >= 11 is 1.10. The normalized spacial score (nSPS) is 13.2. The molecule has 0 radical (unpaired) electrons. The van der Waals surface area contributed by atoms with Crippen LogP contribution in [0.4, 0.5) is 11.4 Å². The van der Waals surface area contributed by atoms with Gasteiger partial charge in [0.05, 0.1) is 6.54 Å². The SMILES string of the molecule is N#CSc1ccc(N2Cc3c(N)cccc3C2=O)cc1. The van der Waals surface area contributed by atoms with Crippen LogP contribution in [0.1, 0.15) is 15.9 Å². The number of hydrogen-bond acceptors (Lipinski definition) is 4. The molecule has 20 heavy (non-hydrogen) atoms. The van der Waals surface area contributed by atoms with E-state index in [1.54, 1.807) is 17.0 Å². The third kappa shape index (κ3) is 2.00. The first-order valence-corrected chi connectivity index (χ1v) is 6.87. The molecule has 2 aromatic rings. The first-order chi connectivity index (χ1) is 9.70. The molecule has 4 nitrogen and oxygen atoms in total. The third-order valence-electron chi connectivity index (χ3n) is 3.32. The number of nitriles is 1. The Morgan fingerprint density at radius 2 is 1.95 bits per heavy atom. The molecule has 0 aliphatic carbocycles. The quantitative estimate of drug-likeness (QED) is 0.522. The Labute approximate surface area is 120 Å². The summed E-state index contributed by atoms with van der Waals surface area (Å²) < 4.78 is 0. The average Bonchev–Trinajstić information content (AvgIpc) is 2.79. The number of amides is 1. The van der Waals surface area contributed by atoms with Crippen molar-refractivity contribution in [2.24, 2.45) is 0 Å². The molecule has 98 valence electrons. The standard InChI is InChI=1S/C15H11N3OS/c16-9-20-11-6-4-10(5-7-11)18-8-13-12(15(18)19)2-1-3-14(13)17/h1-7H,8,17H2. The van der Waals surface area contributed by atoms with Gasteiger partial charge >= 0.3 is 0 Å².